The van der Waals surface area contributed by atoms with Gasteiger partial charge in [-0.25, -0.2) is 9.59 Å². The first kappa shape index (κ1) is 18.2. The van der Waals surface area contributed by atoms with Crippen molar-refractivity contribution >= 4 is 18.0 Å². The van der Waals surface area contributed by atoms with Crippen LogP contribution in [0.1, 0.15) is 33.1 Å². The van der Waals surface area contributed by atoms with E-state index < -0.39 is 30.4 Å². The van der Waals surface area contributed by atoms with Crippen molar-refractivity contribution < 1.29 is 29.7 Å². The smallest absolute Gasteiger partial charge is 0.326 e. The second-order valence-corrected chi connectivity index (χ2v) is 4.33. The van der Waals surface area contributed by atoms with Crippen LogP contribution in [0.15, 0.2) is 0 Å². The van der Waals surface area contributed by atoms with Gasteiger partial charge in [0.15, 0.2) is 0 Å². The highest BCUT2D eigenvalue weighted by atomic mass is 16.4. The maximum atomic E-state index is 12.0. The third kappa shape index (κ3) is 5.87. The molecule has 0 bridgehead atoms. The van der Waals surface area contributed by atoms with Gasteiger partial charge in [-0.15, -0.1) is 0 Å². The standard InChI is InChI=1S/C12H22N2O6/c1-3-8(4-2)14(5-6-15)12(20)13-9(11(18)19)7-10(16)17/h8-9,15H,3-7H2,1-2H3,(H,13,20)(H,16,17)(H,18,19)/t9-/m0/s1. The number of carboxylic acids is 2. The highest BCUT2D eigenvalue weighted by Crippen LogP contribution is 2.09. The molecular weight excluding hydrogens is 268 g/mol. The summed E-state index contributed by atoms with van der Waals surface area (Å²) in [5, 5.41) is 28.7. The predicted molar refractivity (Wildman–Crippen MR) is 70.4 cm³/mol. The van der Waals surface area contributed by atoms with E-state index in [4.69, 9.17) is 15.3 Å². The van der Waals surface area contributed by atoms with Crippen LogP contribution >= 0.6 is 0 Å². The molecule has 0 rings (SSSR count). The normalized spacial score (nSPS) is 12.0. The van der Waals surface area contributed by atoms with E-state index >= 15 is 0 Å². The van der Waals surface area contributed by atoms with Crippen LogP contribution in [0.2, 0.25) is 0 Å². The number of carbonyl (C=O) groups excluding carboxylic acids is 1. The van der Waals surface area contributed by atoms with Gasteiger partial charge in [-0.3, -0.25) is 4.79 Å². The lowest BCUT2D eigenvalue weighted by Gasteiger charge is -2.31. The summed E-state index contributed by atoms with van der Waals surface area (Å²) in [6, 6.07) is -2.31. The first-order valence-electron chi connectivity index (χ1n) is 6.49. The number of rotatable bonds is 9. The fraction of sp³-hybridized carbons (Fsp3) is 0.750. The van der Waals surface area contributed by atoms with Crippen molar-refractivity contribution in [2.24, 2.45) is 0 Å². The van der Waals surface area contributed by atoms with Crippen LogP contribution in [0.3, 0.4) is 0 Å². The molecule has 0 spiro atoms. The zero-order valence-corrected chi connectivity index (χ0v) is 11.7. The number of nitrogens with one attached hydrogen (secondary N) is 1. The van der Waals surface area contributed by atoms with E-state index in [1.807, 2.05) is 13.8 Å². The van der Waals surface area contributed by atoms with E-state index in [1.54, 1.807) is 0 Å². The molecule has 116 valence electrons. The number of nitrogens with zero attached hydrogens (tertiary/aromatic N) is 1. The van der Waals surface area contributed by atoms with Crippen molar-refractivity contribution in [2.75, 3.05) is 13.2 Å². The highest BCUT2D eigenvalue weighted by Gasteiger charge is 2.27. The molecule has 20 heavy (non-hydrogen) atoms. The van der Waals surface area contributed by atoms with Crippen molar-refractivity contribution in [1.29, 1.82) is 0 Å². The SMILES string of the molecule is CCC(CC)N(CCO)C(=O)N[C@@H](CC(=O)O)C(=O)O. The van der Waals surface area contributed by atoms with Gasteiger partial charge in [0.05, 0.1) is 13.0 Å². The Morgan fingerprint density at radius 2 is 1.70 bits per heavy atom. The summed E-state index contributed by atoms with van der Waals surface area (Å²) in [6.45, 7) is 3.56. The van der Waals surface area contributed by atoms with Crippen LogP contribution in [0, 0.1) is 0 Å². The van der Waals surface area contributed by atoms with E-state index in [-0.39, 0.29) is 19.2 Å². The predicted octanol–water partition coefficient (Wildman–Crippen LogP) is 0.107. The van der Waals surface area contributed by atoms with Gasteiger partial charge in [-0.1, -0.05) is 13.8 Å². The Balaban J connectivity index is 4.87. The van der Waals surface area contributed by atoms with E-state index in [2.05, 4.69) is 5.32 Å². The summed E-state index contributed by atoms with van der Waals surface area (Å²) in [6.07, 6.45) is 0.609. The third-order valence-corrected chi connectivity index (χ3v) is 2.96. The molecule has 0 aromatic heterocycles. The highest BCUT2D eigenvalue weighted by molar-refractivity contribution is 5.86. The fourth-order valence-electron chi connectivity index (χ4n) is 1.89. The van der Waals surface area contributed by atoms with Gasteiger partial charge >= 0.3 is 18.0 Å². The molecular formula is C12H22N2O6. The van der Waals surface area contributed by atoms with Gasteiger partial charge in [-0.2, -0.15) is 0 Å². The molecule has 0 aliphatic rings. The van der Waals surface area contributed by atoms with Gasteiger partial charge in [0.25, 0.3) is 0 Å². The van der Waals surface area contributed by atoms with E-state index in [1.165, 1.54) is 4.90 Å². The number of amides is 2. The van der Waals surface area contributed by atoms with Gasteiger partial charge in [0.2, 0.25) is 0 Å². The van der Waals surface area contributed by atoms with Crippen LogP contribution in [-0.2, 0) is 9.59 Å². The first-order valence-corrected chi connectivity index (χ1v) is 6.49. The summed E-state index contributed by atoms with van der Waals surface area (Å²) < 4.78 is 0. The van der Waals surface area contributed by atoms with Crippen molar-refractivity contribution in [3.8, 4) is 0 Å². The average molecular weight is 290 g/mol. The minimum atomic E-state index is -1.49. The van der Waals surface area contributed by atoms with Gasteiger partial charge in [0.1, 0.15) is 6.04 Å². The minimum Gasteiger partial charge on any atom is -0.481 e. The van der Waals surface area contributed by atoms with Crippen LogP contribution in [0.5, 0.6) is 0 Å². The Labute approximate surface area is 117 Å². The summed E-state index contributed by atoms with van der Waals surface area (Å²) in [4.78, 5) is 34.9. The lowest BCUT2D eigenvalue weighted by molar-refractivity contribution is -0.145. The number of aliphatic carboxylic acids is 2. The zero-order chi connectivity index (χ0) is 15.7. The summed E-state index contributed by atoms with van der Waals surface area (Å²) in [5.74, 6) is -2.72. The number of carbonyl (C=O) groups is 3. The number of hydrogen-bond donors (Lipinski definition) is 4. The number of aliphatic hydroxyl groups excluding tert-OH is 1. The molecule has 0 aliphatic carbocycles. The monoisotopic (exact) mass is 290 g/mol. The molecule has 2 amide bonds. The molecule has 0 aliphatic heterocycles. The minimum absolute atomic E-state index is 0.0671. The molecule has 0 aromatic carbocycles. The molecule has 0 heterocycles. The Kier molecular flexibility index (Phi) is 8.30. The maximum absolute atomic E-state index is 12.0. The lowest BCUT2D eigenvalue weighted by atomic mass is 10.1. The van der Waals surface area contributed by atoms with E-state index in [9.17, 15) is 14.4 Å². The van der Waals surface area contributed by atoms with E-state index in [0.29, 0.717) is 12.8 Å². The van der Waals surface area contributed by atoms with Gasteiger partial charge in [0, 0.05) is 12.6 Å². The number of aliphatic hydroxyl groups is 1. The molecule has 4 N–H and O–H groups in total. The molecule has 0 radical (unpaired) electrons. The molecule has 0 saturated heterocycles. The Morgan fingerprint density at radius 3 is 2.05 bits per heavy atom. The first-order chi connectivity index (χ1) is 9.37. The zero-order valence-electron chi connectivity index (χ0n) is 11.7. The maximum Gasteiger partial charge on any atom is 0.326 e. The van der Waals surface area contributed by atoms with Crippen molar-refractivity contribution in [2.45, 2.75) is 45.2 Å². The molecule has 8 nitrogen and oxygen atoms in total. The number of urea groups is 1. The molecule has 8 heteroatoms. The quantitative estimate of drug-likeness (QED) is 0.477. The largest absolute Gasteiger partial charge is 0.481 e. The second-order valence-electron chi connectivity index (χ2n) is 4.33. The van der Waals surface area contributed by atoms with Crippen molar-refractivity contribution in [3.05, 3.63) is 0 Å². The third-order valence-electron chi connectivity index (χ3n) is 2.96. The topological polar surface area (TPSA) is 127 Å². The second kappa shape index (κ2) is 9.13. The van der Waals surface area contributed by atoms with Crippen LogP contribution in [0.25, 0.3) is 0 Å². The van der Waals surface area contributed by atoms with E-state index in [0.717, 1.165) is 0 Å². The molecule has 0 unspecified atom stereocenters. The number of hydrogen-bond acceptors (Lipinski definition) is 4. The Hall–Kier alpha value is -1.83. The molecule has 0 saturated carbocycles. The van der Waals surface area contributed by atoms with Crippen molar-refractivity contribution in [1.82, 2.24) is 10.2 Å². The number of carboxylic acid groups (broad SMARTS) is 2. The van der Waals surface area contributed by atoms with Gasteiger partial charge in [-0.05, 0) is 12.8 Å². The van der Waals surface area contributed by atoms with Crippen LogP contribution in [-0.4, -0.2) is 63.4 Å². The molecule has 1 atom stereocenters. The molecule has 0 fully saturated rings. The Morgan fingerprint density at radius 1 is 1.15 bits per heavy atom. The summed E-state index contributed by atoms with van der Waals surface area (Å²) >= 11 is 0. The summed E-state index contributed by atoms with van der Waals surface area (Å²) in [7, 11) is 0. The molecule has 0 aromatic rings. The summed E-state index contributed by atoms with van der Waals surface area (Å²) in [5.41, 5.74) is 0. The van der Waals surface area contributed by atoms with Gasteiger partial charge < -0.3 is 25.5 Å². The lowest BCUT2D eigenvalue weighted by Crippen LogP contribution is -2.52. The average Bonchev–Trinajstić information content (AvgIpc) is 2.37. The van der Waals surface area contributed by atoms with Crippen LogP contribution in [0.4, 0.5) is 4.79 Å². The van der Waals surface area contributed by atoms with Crippen LogP contribution < -0.4 is 5.32 Å². The van der Waals surface area contributed by atoms with Crippen molar-refractivity contribution in [3.63, 3.8) is 0 Å². The Bertz CT molecular complexity index is 343. The fourth-order valence-corrected chi connectivity index (χ4v) is 1.89.